The number of furan rings is 1. The first-order valence-corrected chi connectivity index (χ1v) is 6.36. The lowest BCUT2D eigenvalue weighted by atomic mass is 10.3. The Balaban J connectivity index is 1.92. The van der Waals surface area contributed by atoms with Crippen LogP contribution in [-0.2, 0) is 6.42 Å². The molecular formula is C12H16N4O4. The molecule has 0 radical (unpaired) electrons. The summed E-state index contributed by atoms with van der Waals surface area (Å²) in [5.41, 5.74) is 0. The van der Waals surface area contributed by atoms with Gasteiger partial charge < -0.3 is 14.2 Å². The number of nitrogens with zero attached hydrogens (tertiary/aromatic N) is 3. The molecule has 2 aromatic rings. The summed E-state index contributed by atoms with van der Waals surface area (Å²) in [4.78, 5) is 9.91. The van der Waals surface area contributed by atoms with Crippen molar-refractivity contribution in [3.05, 3.63) is 28.1 Å². The van der Waals surface area contributed by atoms with Crippen molar-refractivity contribution in [1.82, 2.24) is 15.5 Å². The number of hydrogen-bond donors (Lipinski definition) is 1. The molecule has 0 aliphatic heterocycles. The van der Waals surface area contributed by atoms with Crippen molar-refractivity contribution in [2.45, 2.75) is 32.7 Å². The first-order chi connectivity index (χ1) is 9.56. The Morgan fingerprint density at radius 3 is 2.80 bits per heavy atom. The molecule has 0 saturated carbocycles. The normalized spacial score (nSPS) is 11.2. The maximum atomic E-state index is 10.5. The minimum Gasteiger partial charge on any atom is -0.418 e. The maximum absolute atomic E-state index is 10.5. The van der Waals surface area contributed by atoms with Crippen LogP contribution in [0, 0.1) is 10.1 Å². The van der Waals surface area contributed by atoms with Gasteiger partial charge in [-0.1, -0.05) is 13.8 Å². The van der Waals surface area contributed by atoms with E-state index in [4.69, 9.17) is 8.83 Å². The summed E-state index contributed by atoms with van der Waals surface area (Å²) in [6.45, 7) is 5.02. The molecule has 2 rings (SSSR count). The molecule has 0 bridgehead atoms. The Morgan fingerprint density at radius 1 is 1.35 bits per heavy atom. The first kappa shape index (κ1) is 14.2. The second kappa shape index (κ2) is 6.29. The molecule has 0 aliphatic carbocycles. The number of hydrogen-bond acceptors (Lipinski definition) is 7. The zero-order valence-corrected chi connectivity index (χ0v) is 11.3. The third-order valence-electron chi connectivity index (χ3n) is 2.57. The molecule has 0 unspecified atom stereocenters. The fraction of sp³-hybridized carbons (Fsp3) is 0.500. The molecule has 1 N–H and O–H groups in total. The molecule has 2 aromatic heterocycles. The number of aromatic nitrogens is 2. The molecule has 8 nitrogen and oxygen atoms in total. The Kier molecular flexibility index (Phi) is 4.46. The molecular weight excluding hydrogens is 264 g/mol. The largest absolute Gasteiger partial charge is 0.433 e. The van der Waals surface area contributed by atoms with Gasteiger partial charge >= 0.3 is 5.88 Å². The Hall–Kier alpha value is -2.22. The van der Waals surface area contributed by atoms with Gasteiger partial charge in [0.25, 0.3) is 5.89 Å². The number of nitrogens with one attached hydrogen (secondary N) is 1. The van der Waals surface area contributed by atoms with Gasteiger partial charge in [0, 0.05) is 12.5 Å². The van der Waals surface area contributed by atoms with Crippen LogP contribution in [0.5, 0.6) is 0 Å². The summed E-state index contributed by atoms with van der Waals surface area (Å²) in [5.74, 6) is 0.506. The molecule has 0 aliphatic rings. The fourth-order valence-corrected chi connectivity index (χ4v) is 1.63. The number of aryl methyl sites for hydroxylation is 1. The zero-order valence-electron chi connectivity index (χ0n) is 11.3. The van der Waals surface area contributed by atoms with Gasteiger partial charge in [0.05, 0.1) is 6.07 Å². The Bertz CT molecular complexity index is 576. The van der Waals surface area contributed by atoms with Crippen LogP contribution in [0.25, 0.3) is 11.7 Å². The van der Waals surface area contributed by atoms with Crippen molar-refractivity contribution in [2.24, 2.45) is 0 Å². The van der Waals surface area contributed by atoms with Crippen LogP contribution in [0.1, 0.15) is 26.2 Å². The van der Waals surface area contributed by atoms with Crippen LogP contribution in [0.15, 0.2) is 21.0 Å². The van der Waals surface area contributed by atoms with Crippen LogP contribution in [0.4, 0.5) is 5.88 Å². The van der Waals surface area contributed by atoms with E-state index in [0.29, 0.717) is 18.4 Å². The summed E-state index contributed by atoms with van der Waals surface area (Å²) in [5, 5.41) is 21.5. The Morgan fingerprint density at radius 2 is 2.15 bits per heavy atom. The van der Waals surface area contributed by atoms with Gasteiger partial charge in [-0.25, -0.2) is 0 Å². The molecule has 0 saturated heterocycles. The highest BCUT2D eigenvalue weighted by Crippen LogP contribution is 2.24. The van der Waals surface area contributed by atoms with Crippen molar-refractivity contribution < 1.29 is 13.8 Å². The van der Waals surface area contributed by atoms with E-state index < -0.39 is 4.92 Å². The zero-order chi connectivity index (χ0) is 14.5. The standard InChI is InChI=1S/C12H16N4O4/c1-8(2)13-7-3-4-10-14-15-12(20-10)9-5-6-11(19-9)16(17)18/h5-6,8,13H,3-4,7H2,1-2H3. The lowest BCUT2D eigenvalue weighted by Crippen LogP contribution is -2.23. The van der Waals surface area contributed by atoms with Gasteiger partial charge in [-0.15, -0.1) is 10.2 Å². The van der Waals surface area contributed by atoms with Crippen molar-refractivity contribution in [1.29, 1.82) is 0 Å². The third-order valence-corrected chi connectivity index (χ3v) is 2.57. The number of nitro groups is 1. The van der Waals surface area contributed by atoms with Crippen LogP contribution in [-0.4, -0.2) is 27.7 Å². The van der Waals surface area contributed by atoms with Gasteiger partial charge in [0.15, 0.2) is 5.76 Å². The van der Waals surface area contributed by atoms with Gasteiger partial charge in [-0.3, -0.25) is 10.1 Å². The summed E-state index contributed by atoms with van der Waals surface area (Å²) >= 11 is 0. The highest BCUT2D eigenvalue weighted by molar-refractivity contribution is 5.45. The second-order valence-electron chi connectivity index (χ2n) is 4.61. The highest BCUT2D eigenvalue weighted by Gasteiger charge is 2.17. The van der Waals surface area contributed by atoms with Crippen LogP contribution < -0.4 is 5.32 Å². The van der Waals surface area contributed by atoms with Crippen molar-refractivity contribution >= 4 is 5.88 Å². The highest BCUT2D eigenvalue weighted by atomic mass is 16.6. The summed E-state index contributed by atoms with van der Waals surface area (Å²) < 4.78 is 10.4. The molecule has 0 aromatic carbocycles. The van der Waals surface area contributed by atoms with E-state index >= 15 is 0 Å². The second-order valence-corrected chi connectivity index (χ2v) is 4.61. The van der Waals surface area contributed by atoms with E-state index in [-0.39, 0.29) is 17.5 Å². The average molecular weight is 280 g/mol. The summed E-state index contributed by atoms with van der Waals surface area (Å²) in [6.07, 6.45) is 1.52. The maximum Gasteiger partial charge on any atom is 0.433 e. The van der Waals surface area contributed by atoms with Crippen LogP contribution in [0.2, 0.25) is 0 Å². The van der Waals surface area contributed by atoms with E-state index in [9.17, 15) is 10.1 Å². The minimum atomic E-state index is -0.613. The predicted molar refractivity (Wildman–Crippen MR) is 70.1 cm³/mol. The van der Waals surface area contributed by atoms with E-state index in [1.165, 1.54) is 12.1 Å². The predicted octanol–water partition coefficient (Wildman–Crippen LogP) is 2.17. The molecule has 2 heterocycles. The Labute approximate surface area is 115 Å². The third kappa shape index (κ3) is 3.64. The topological polar surface area (TPSA) is 107 Å². The summed E-state index contributed by atoms with van der Waals surface area (Å²) in [6, 6.07) is 3.14. The number of rotatable bonds is 7. The minimum absolute atomic E-state index is 0.157. The van der Waals surface area contributed by atoms with E-state index in [0.717, 1.165) is 13.0 Å². The molecule has 0 atom stereocenters. The van der Waals surface area contributed by atoms with Crippen molar-refractivity contribution in [3.8, 4) is 11.7 Å². The van der Waals surface area contributed by atoms with Gasteiger partial charge in [0.1, 0.15) is 4.92 Å². The lowest BCUT2D eigenvalue weighted by molar-refractivity contribution is -0.401. The monoisotopic (exact) mass is 280 g/mol. The van der Waals surface area contributed by atoms with Crippen molar-refractivity contribution in [3.63, 3.8) is 0 Å². The van der Waals surface area contributed by atoms with E-state index in [1.54, 1.807) is 0 Å². The molecule has 108 valence electrons. The van der Waals surface area contributed by atoms with Gasteiger partial charge in [-0.05, 0) is 19.0 Å². The average Bonchev–Trinajstić information content (AvgIpc) is 3.03. The molecule has 0 spiro atoms. The molecule has 0 fully saturated rings. The van der Waals surface area contributed by atoms with Gasteiger partial charge in [0.2, 0.25) is 5.89 Å². The van der Waals surface area contributed by atoms with Gasteiger partial charge in [-0.2, -0.15) is 0 Å². The molecule has 20 heavy (non-hydrogen) atoms. The van der Waals surface area contributed by atoms with E-state index in [2.05, 4.69) is 29.4 Å². The molecule has 8 heteroatoms. The first-order valence-electron chi connectivity index (χ1n) is 6.36. The van der Waals surface area contributed by atoms with E-state index in [1.807, 2.05) is 0 Å². The summed E-state index contributed by atoms with van der Waals surface area (Å²) in [7, 11) is 0. The molecule has 0 amide bonds. The quantitative estimate of drug-likeness (QED) is 0.470. The smallest absolute Gasteiger partial charge is 0.418 e. The fourth-order valence-electron chi connectivity index (χ4n) is 1.63. The SMILES string of the molecule is CC(C)NCCCc1nnc(-c2ccc([N+](=O)[O-])o2)o1. The lowest BCUT2D eigenvalue weighted by Gasteiger charge is -2.05. The van der Waals surface area contributed by atoms with Crippen LogP contribution >= 0.6 is 0 Å². The van der Waals surface area contributed by atoms with Crippen molar-refractivity contribution in [2.75, 3.05) is 6.54 Å². The van der Waals surface area contributed by atoms with Crippen LogP contribution in [0.3, 0.4) is 0 Å².